The van der Waals surface area contributed by atoms with Gasteiger partial charge in [-0.2, -0.15) is 5.10 Å². The first-order chi connectivity index (χ1) is 7.31. The topological polar surface area (TPSA) is 34.9 Å². The van der Waals surface area contributed by atoms with Crippen molar-refractivity contribution in [1.29, 1.82) is 0 Å². The summed E-state index contributed by atoms with van der Waals surface area (Å²) in [5, 5.41) is 3.98. The standard InChI is InChI=1S/C11H9FN2O/c12-6-11(15)9-7-13-14(8-9)10-4-2-1-3-5-10/h1-5,7-8H,6H2. The van der Waals surface area contributed by atoms with Gasteiger partial charge in [0.1, 0.15) is 0 Å². The van der Waals surface area contributed by atoms with Gasteiger partial charge in [0.2, 0.25) is 0 Å². The van der Waals surface area contributed by atoms with Crippen LogP contribution in [0.15, 0.2) is 42.7 Å². The Morgan fingerprint density at radius 1 is 1.33 bits per heavy atom. The van der Waals surface area contributed by atoms with Gasteiger partial charge in [-0.05, 0) is 12.1 Å². The van der Waals surface area contributed by atoms with Crippen LogP contribution in [-0.4, -0.2) is 22.2 Å². The fourth-order valence-electron chi connectivity index (χ4n) is 1.27. The summed E-state index contributed by atoms with van der Waals surface area (Å²) in [4.78, 5) is 11.0. The van der Waals surface area contributed by atoms with Gasteiger partial charge in [0.25, 0.3) is 0 Å². The smallest absolute Gasteiger partial charge is 0.196 e. The van der Waals surface area contributed by atoms with E-state index >= 15 is 0 Å². The van der Waals surface area contributed by atoms with Crippen molar-refractivity contribution in [3.63, 3.8) is 0 Å². The minimum Gasteiger partial charge on any atom is -0.291 e. The SMILES string of the molecule is O=C(CF)c1cnn(-c2ccccc2)c1. The van der Waals surface area contributed by atoms with E-state index in [4.69, 9.17) is 0 Å². The van der Waals surface area contributed by atoms with Crippen LogP contribution in [0.4, 0.5) is 4.39 Å². The van der Waals surface area contributed by atoms with E-state index in [0.29, 0.717) is 5.56 Å². The Morgan fingerprint density at radius 3 is 2.73 bits per heavy atom. The first-order valence-corrected chi connectivity index (χ1v) is 4.50. The van der Waals surface area contributed by atoms with Crippen LogP contribution in [0.3, 0.4) is 0 Å². The van der Waals surface area contributed by atoms with E-state index in [9.17, 15) is 9.18 Å². The van der Waals surface area contributed by atoms with Gasteiger partial charge in [-0.25, -0.2) is 9.07 Å². The third kappa shape index (κ3) is 1.93. The van der Waals surface area contributed by atoms with Gasteiger partial charge in [0, 0.05) is 6.20 Å². The average Bonchev–Trinajstić information content (AvgIpc) is 2.78. The molecule has 0 N–H and O–H groups in total. The Kier molecular flexibility index (Phi) is 2.58. The number of aromatic nitrogens is 2. The summed E-state index contributed by atoms with van der Waals surface area (Å²) in [6.07, 6.45) is 2.90. The highest BCUT2D eigenvalue weighted by Gasteiger charge is 2.08. The molecule has 76 valence electrons. The lowest BCUT2D eigenvalue weighted by atomic mass is 10.2. The molecule has 0 amide bonds. The molecule has 0 aliphatic rings. The number of rotatable bonds is 3. The summed E-state index contributed by atoms with van der Waals surface area (Å²) in [7, 11) is 0. The van der Waals surface area contributed by atoms with E-state index in [-0.39, 0.29) is 0 Å². The van der Waals surface area contributed by atoms with Gasteiger partial charge in [-0.1, -0.05) is 18.2 Å². The summed E-state index contributed by atoms with van der Waals surface area (Å²) in [5.74, 6) is -0.544. The van der Waals surface area contributed by atoms with E-state index in [1.54, 1.807) is 4.68 Å². The molecule has 1 aromatic heterocycles. The lowest BCUT2D eigenvalue weighted by Gasteiger charge is -1.98. The monoisotopic (exact) mass is 204 g/mol. The highest BCUT2D eigenvalue weighted by Crippen LogP contribution is 2.08. The van der Waals surface area contributed by atoms with Crippen LogP contribution in [0, 0.1) is 0 Å². The molecular weight excluding hydrogens is 195 g/mol. The molecule has 0 unspecified atom stereocenters. The molecule has 0 atom stereocenters. The van der Waals surface area contributed by atoms with Crippen LogP contribution in [0.2, 0.25) is 0 Å². The summed E-state index contributed by atoms with van der Waals surface area (Å²) >= 11 is 0. The van der Waals surface area contributed by atoms with E-state index < -0.39 is 12.5 Å². The maximum Gasteiger partial charge on any atom is 0.196 e. The third-order valence-electron chi connectivity index (χ3n) is 2.05. The number of Topliss-reactive ketones (excluding diaryl/α,β-unsaturated/α-hetero) is 1. The molecule has 0 bridgehead atoms. The number of para-hydroxylation sites is 1. The zero-order chi connectivity index (χ0) is 10.7. The maximum atomic E-state index is 12.1. The fourth-order valence-corrected chi connectivity index (χ4v) is 1.27. The number of halogens is 1. The molecule has 0 spiro atoms. The number of ketones is 1. The molecule has 0 saturated heterocycles. The van der Waals surface area contributed by atoms with Crippen LogP contribution < -0.4 is 0 Å². The van der Waals surface area contributed by atoms with Crippen LogP contribution in [0.1, 0.15) is 10.4 Å². The Hall–Kier alpha value is -1.97. The Labute approximate surface area is 86.2 Å². The molecule has 1 aromatic carbocycles. The summed E-state index contributed by atoms with van der Waals surface area (Å²) < 4.78 is 13.6. The van der Waals surface area contributed by atoms with Gasteiger partial charge in [0.15, 0.2) is 12.5 Å². The van der Waals surface area contributed by atoms with Gasteiger partial charge in [-0.15, -0.1) is 0 Å². The number of alkyl halides is 1. The third-order valence-corrected chi connectivity index (χ3v) is 2.05. The average molecular weight is 204 g/mol. The van der Waals surface area contributed by atoms with Crippen molar-refractivity contribution >= 4 is 5.78 Å². The van der Waals surface area contributed by atoms with Crippen molar-refractivity contribution in [3.05, 3.63) is 48.3 Å². The second kappa shape index (κ2) is 4.04. The van der Waals surface area contributed by atoms with Crippen molar-refractivity contribution in [2.24, 2.45) is 0 Å². The van der Waals surface area contributed by atoms with E-state index in [0.717, 1.165) is 5.69 Å². The Bertz CT molecular complexity index is 464. The van der Waals surface area contributed by atoms with Crippen molar-refractivity contribution in [2.45, 2.75) is 0 Å². The molecule has 0 fully saturated rings. The second-order valence-electron chi connectivity index (χ2n) is 3.07. The maximum absolute atomic E-state index is 12.1. The van der Waals surface area contributed by atoms with Crippen molar-refractivity contribution in [1.82, 2.24) is 9.78 Å². The molecule has 3 nitrogen and oxygen atoms in total. The second-order valence-corrected chi connectivity index (χ2v) is 3.07. The van der Waals surface area contributed by atoms with Crippen molar-refractivity contribution in [3.8, 4) is 5.69 Å². The van der Waals surface area contributed by atoms with Crippen LogP contribution in [0.25, 0.3) is 5.69 Å². The zero-order valence-corrected chi connectivity index (χ0v) is 7.93. The van der Waals surface area contributed by atoms with Crippen LogP contribution in [0.5, 0.6) is 0 Å². The fraction of sp³-hybridized carbons (Fsp3) is 0.0909. The zero-order valence-electron chi connectivity index (χ0n) is 7.93. The molecule has 0 radical (unpaired) electrons. The van der Waals surface area contributed by atoms with Gasteiger partial charge in [0.05, 0.1) is 17.4 Å². The number of hydrogen-bond acceptors (Lipinski definition) is 2. The largest absolute Gasteiger partial charge is 0.291 e. The minimum absolute atomic E-state index is 0.293. The summed E-state index contributed by atoms with van der Waals surface area (Å²) in [5.41, 5.74) is 1.14. The first kappa shape index (κ1) is 9.58. The molecule has 1 heterocycles. The van der Waals surface area contributed by atoms with Crippen molar-refractivity contribution in [2.75, 3.05) is 6.67 Å². The molecular formula is C11H9FN2O. The molecule has 4 heteroatoms. The number of carbonyl (C=O) groups excluding carboxylic acids is 1. The Balaban J connectivity index is 2.32. The highest BCUT2D eigenvalue weighted by molar-refractivity contribution is 5.96. The first-order valence-electron chi connectivity index (χ1n) is 4.50. The van der Waals surface area contributed by atoms with Crippen LogP contribution in [-0.2, 0) is 0 Å². The van der Waals surface area contributed by atoms with Crippen LogP contribution >= 0.6 is 0 Å². The Morgan fingerprint density at radius 2 is 2.07 bits per heavy atom. The highest BCUT2D eigenvalue weighted by atomic mass is 19.1. The number of carbonyl (C=O) groups is 1. The van der Waals surface area contributed by atoms with Crippen molar-refractivity contribution < 1.29 is 9.18 Å². The number of benzene rings is 1. The number of hydrogen-bond donors (Lipinski definition) is 0. The molecule has 0 saturated carbocycles. The number of nitrogens with zero attached hydrogens (tertiary/aromatic N) is 2. The lowest BCUT2D eigenvalue weighted by molar-refractivity contribution is 0.0958. The molecule has 0 aliphatic carbocycles. The normalized spacial score (nSPS) is 10.2. The summed E-state index contributed by atoms with van der Waals surface area (Å²) in [6, 6.07) is 9.34. The molecule has 2 rings (SSSR count). The van der Waals surface area contributed by atoms with E-state index in [2.05, 4.69) is 5.10 Å². The quantitative estimate of drug-likeness (QED) is 0.717. The molecule has 15 heavy (non-hydrogen) atoms. The predicted octanol–water partition coefficient (Wildman–Crippen LogP) is 2.02. The lowest BCUT2D eigenvalue weighted by Crippen LogP contribution is -1.99. The predicted molar refractivity (Wildman–Crippen MR) is 53.9 cm³/mol. The minimum atomic E-state index is -0.986. The van der Waals surface area contributed by atoms with E-state index in [1.165, 1.54) is 12.4 Å². The van der Waals surface area contributed by atoms with Gasteiger partial charge < -0.3 is 0 Å². The van der Waals surface area contributed by atoms with Gasteiger partial charge >= 0.3 is 0 Å². The van der Waals surface area contributed by atoms with Gasteiger partial charge in [-0.3, -0.25) is 4.79 Å². The van der Waals surface area contributed by atoms with E-state index in [1.807, 2.05) is 30.3 Å². The molecule has 2 aromatic rings. The summed E-state index contributed by atoms with van der Waals surface area (Å²) in [6.45, 7) is -0.986. The molecule has 0 aliphatic heterocycles.